The van der Waals surface area contributed by atoms with Crippen molar-refractivity contribution in [2.24, 2.45) is 0 Å². The standard InChI is InChI=1S/C12H18N2OS/c1-9(15)7-11-8-13-12(16-11)10-3-5-14(2)6-4-10/h8,10H,3-7H2,1-2H3. The third-order valence-electron chi connectivity index (χ3n) is 3.06. The molecule has 3 nitrogen and oxygen atoms in total. The smallest absolute Gasteiger partial charge is 0.135 e. The lowest BCUT2D eigenvalue weighted by molar-refractivity contribution is -0.116. The van der Waals surface area contributed by atoms with E-state index in [1.54, 1.807) is 18.3 Å². The van der Waals surface area contributed by atoms with Crippen molar-refractivity contribution in [1.82, 2.24) is 9.88 Å². The van der Waals surface area contributed by atoms with Crippen LogP contribution in [0.4, 0.5) is 0 Å². The maximum Gasteiger partial charge on any atom is 0.135 e. The van der Waals surface area contributed by atoms with Gasteiger partial charge < -0.3 is 4.90 Å². The molecule has 4 heteroatoms. The predicted molar refractivity (Wildman–Crippen MR) is 66.0 cm³/mol. The summed E-state index contributed by atoms with van der Waals surface area (Å²) in [7, 11) is 2.17. The number of ketones is 1. The molecule has 16 heavy (non-hydrogen) atoms. The molecule has 0 bridgehead atoms. The van der Waals surface area contributed by atoms with Crippen LogP contribution in [0.1, 0.15) is 35.6 Å². The monoisotopic (exact) mass is 238 g/mol. The van der Waals surface area contributed by atoms with Gasteiger partial charge in [-0.2, -0.15) is 0 Å². The van der Waals surface area contributed by atoms with Crippen molar-refractivity contribution >= 4 is 17.1 Å². The van der Waals surface area contributed by atoms with Crippen LogP contribution in [-0.2, 0) is 11.2 Å². The first-order chi connectivity index (χ1) is 7.65. The van der Waals surface area contributed by atoms with E-state index in [4.69, 9.17) is 0 Å². The van der Waals surface area contributed by atoms with Gasteiger partial charge in [0.1, 0.15) is 5.78 Å². The molecular formula is C12H18N2OS. The van der Waals surface area contributed by atoms with Crippen LogP contribution in [0.5, 0.6) is 0 Å². The molecule has 1 saturated heterocycles. The van der Waals surface area contributed by atoms with E-state index in [0.29, 0.717) is 12.3 Å². The quantitative estimate of drug-likeness (QED) is 0.808. The maximum atomic E-state index is 11.0. The molecule has 1 aliphatic heterocycles. The Morgan fingerprint density at radius 2 is 2.25 bits per heavy atom. The number of hydrogen-bond donors (Lipinski definition) is 0. The summed E-state index contributed by atoms with van der Waals surface area (Å²) >= 11 is 1.72. The van der Waals surface area contributed by atoms with Crippen molar-refractivity contribution in [2.75, 3.05) is 20.1 Å². The van der Waals surface area contributed by atoms with E-state index in [2.05, 4.69) is 16.9 Å². The highest BCUT2D eigenvalue weighted by molar-refractivity contribution is 7.11. The van der Waals surface area contributed by atoms with Crippen LogP contribution in [0.15, 0.2) is 6.20 Å². The number of thiazole rings is 1. The Hall–Kier alpha value is -0.740. The summed E-state index contributed by atoms with van der Waals surface area (Å²) in [6, 6.07) is 0. The van der Waals surface area contributed by atoms with Gasteiger partial charge in [0.25, 0.3) is 0 Å². The number of carbonyl (C=O) groups excluding carboxylic acids is 1. The number of hydrogen-bond acceptors (Lipinski definition) is 4. The second-order valence-corrected chi connectivity index (χ2v) is 5.77. The van der Waals surface area contributed by atoms with Crippen LogP contribution < -0.4 is 0 Å². The highest BCUT2D eigenvalue weighted by Crippen LogP contribution is 2.30. The molecule has 2 rings (SSSR count). The number of rotatable bonds is 3. The Balaban J connectivity index is 1.99. The van der Waals surface area contributed by atoms with E-state index in [-0.39, 0.29) is 5.78 Å². The van der Waals surface area contributed by atoms with Gasteiger partial charge in [-0.05, 0) is 39.9 Å². The fourth-order valence-corrected chi connectivity index (χ4v) is 3.25. The largest absolute Gasteiger partial charge is 0.306 e. The lowest BCUT2D eigenvalue weighted by Gasteiger charge is -2.27. The number of carbonyl (C=O) groups is 1. The van der Waals surface area contributed by atoms with Crippen molar-refractivity contribution in [3.63, 3.8) is 0 Å². The first kappa shape index (κ1) is 11.7. The maximum absolute atomic E-state index is 11.0. The van der Waals surface area contributed by atoms with E-state index < -0.39 is 0 Å². The lowest BCUT2D eigenvalue weighted by Crippen LogP contribution is -2.29. The predicted octanol–water partition coefficient (Wildman–Crippen LogP) is 2.08. The average Bonchev–Trinajstić information content (AvgIpc) is 2.66. The summed E-state index contributed by atoms with van der Waals surface area (Å²) in [6.45, 7) is 3.95. The van der Waals surface area contributed by atoms with E-state index in [1.807, 2.05) is 6.20 Å². The van der Waals surface area contributed by atoms with Gasteiger partial charge in [-0.1, -0.05) is 0 Å². The van der Waals surface area contributed by atoms with E-state index >= 15 is 0 Å². The molecule has 0 atom stereocenters. The minimum Gasteiger partial charge on any atom is -0.306 e. The average molecular weight is 238 g/mol. The van der Waals surface area contributed by atoms with Gasteiger partial charge in [-0.25, -0.2) is 4.98 Å². The molecule has 1 aromatic rings. The Morgan fingerprint density at radius 1 is 1.56 bits per heavy atom. The van der Waals surface area contributed by atoms with Gasteiger partial charge >= 0.3 is 0 Å². The number of piperidine rings is 1. The van der Waals surface area contributed by atoms with Crippen molar-refractivity contribution in [3.05, 3.63) is 16.1 Å². The topological polar surface area (TPSA) is 33.2 Å². The number of Topliss-reactive ketones (excluding diaryl/α,β-unsaturated/α-hetero) is 1. The molecule has 0 spiro atoms. The second kappa shape index (κ2) is 5.06. The van der Waals surface area contributed by atoms with E-state index in [9.17, 15) is 4.79 Å². The second-order valence-electron chi connectivity index (χ2n) is 4.62. The van der Waals surface area contributed by atoms with Crippen LogP contribution in [0.2, 0.25) is 0 Å². The number of likely N-dealkylation sites (tertiary alicyclic amines) is 1. The summed E-state index contributed by atoms with van der Waals surface area (Å²) in [6.07, 6.45) is 4.82. The first-order valence-electron chi connectivity index (χ1n) is 5.77. The Labute approximate surface area is 100 Å². The van der Waals surface area contributed by atoms with E-state index in [0.717, 1.165) is 18.0 Å². The van der Waals surface area contributed by atoms with Crippen LogP contribution in [0.25, 0.3) is 0 Å². The van der Waals surface area contributed by atoms with Gasteiger partial charge in [0.05, 0.1) is 5.01 Å². The highest BCUT2D eigenvalue weighted by atomic mass is 32.1. The van der Waals surface area contributed by atoms with Crippen LogP contribution in [0.3, 0.4) is 0 Å². The zero-order valence-corrected chi connectivity index (χ0v) is 10.7. The van der Waals surface area contributed by atoms with Crippen molar-refractivity contribution in [3.8, 4) is 0 Å². The minimum atomic E-state index is 0.221. The van der Waals surface area contributed by atoms with Gasteiger partial charge in [0, 0.05) is 23.4 Å². The molecule has 0 N–H and O–H groups in total. The zero-order valence-electron chi connectivity index (χ0n) is 9.90. The van der Waals surface area contributed by atoms with Crippen LogP contribution in [0, 0.1) is 0 Å². The summed E-state index contributed by atoms with van der Waals surface area (Å²) in [5.41, 5.74) is 0. The van der Waals surface area contributed by atoms with E-state index in [1.165, 1.54) is 17.8 Å². The van der Waals surface area contributed by atoms with Crippen molar-refractivity contribution < 1.29 is 4.79 Å². The summed E-state index contributed by atoms with van der Waals surface area (Å²) in [5, 5.41) is 1.23. The first-order valence-corrected chi connectivity index (χ1v) is 6.59. The van der Waals surface area contributed by atoms with Crippen molar-refractivity contribution in [1.29, 1.82) is 0 Å². The third kappa shape index (κ3) is 2.89. The Morgan fingerprint density at radius 3 is 2.88 bits per heavy atom. The molecule has 0 aliphatic carbocycles. The molecule has 1 fully saturated rings. The third-order valence-corrected chi connectivity index (χ3v) is 4.22. The molecule has 0 radical (unpaired) electrons. The van der Waals surface area contributed by atoms with Gasteiger partial charge in [0.15, 0.2) is 0 Å². The zero-order chi connectivity index (χ0) is 11.5. The molecule has 0 amide bonds. The molecule has 0 aromatic carbocycles. The fraction of sp³-hybridized carbons (Fsp3) is 0.667. The minimum absolute atomic E-state index is 0.221. The molecule has 0 saturated carbocycles. The molecule has 1 aromatic heterocycles. The molecule has 2 heterocycles. The lowest BCUT2D eigenvalue weighted by atomic mass is 9.98. The van der Waals surface area contributed by atoms with Crippen molar-refractivity contribution in [2.45, 2.75) is 32.1 Å². The van der Waals surface area contributed by atoms with Gasteiger partial charge in [0.2, 0.25) is 0 Å². The van der Waals surface area contributed by atoms with Gasteiger partial charge in [-0.15, -0.1) is 11.3 Å². The summed E-state index contributed by atoms with van der Waals surface area (Å²) < 4.78 is 0. The number of nitrogens with zero attached hydrogens (tertiary/aromatic N) is 2. The van der Waals surface area contributed by atoms with Gasteiger partial charge in [-0.3, -0.25) is 4.79 Å². The molecule has 0 unspecified atom stereocenters. The highest BCUT2D eigenvalue weighted by Gasteiger charge is 2.21. The fourth-order valence-electron chi connectivity index (χ4n) is 2.09. The van der Waals surface area contributed by atoms with Crippen LogP contribution >= 0.6 is 11.3 Å². The normalized spacial score (nSPS) is 18.9. The summed E-state index contributed by atoms with van der Waals surface area (Å²) in [4.78, 5) is 19.0. The molecular weight excluding hydrogens is 220 g/mol. The Kier molecular flexibility index (Phi) is 3.71. The Bertz CT molecular complexity index is 367. The summed E-state index contributed by atoms with van der Waals surface area (Å²) in [5.74, 6) is 0.834. The number of aromatic nitrogens is 1. The molecule has 88 valence electrons. The van der Waals surface area contributed by atoms with Crippen LogP contribution in [-0.4, -0.2) is 35.8 Å². The SMILES string of the molecule is CC(=O)Cc1cnc(C2CCN(C)CC2)s1. The molecule has 1 aliphatic rings.